The highest BCUT2D eigenvalue weighted by atomic mass is 16.6. The van der Waals surface area contributed by atoms with Crippen LogP contribution in [-0.4, -0.2) is 52.5 Å². The molecule has 5 heteroatoms. The van der Waals surface area contributed by atoms with Gasteiger partial charge >= 0.3 is 7.12 Å². The first-order chi connectivity index (χ1) is 17.4. The second kappa shape index (κ2) is 11.9. The molecular formula is C31H38BNO3. The fourth-order valence-corrected chi connectivity index (χ4v) is 4.44. The van der Waals surface area contributed by atoms with Crippen molar-refractivity contribution in [1.29, 1.82) is 0 Å². The third-order valence-electron chi connectivity index (χ3n) is 6.45. The normalized spacial score (nSPS) is 16.1. The predicted octanol–water partition coefficient (Wildman–Crippen LogP) is 5.76. The highest BCUT2D eigenvalue weighted by Gasteiger charge is 2.33. The Labute approximate surface area is 217 Å². The number of benzene rings is 3. The van der Waals surface area contributed by atoms with E-state index in [-0.39, 0.29) is 12.5 Å². The highest BCUT2D eigenvalue weighted by molar-refractivity contribution is 6.61. The average Bonchev–Trinajstić information content (AvgIpc) is 2.88. The molecule has 36 heavy (non-hydrogen) atoms. The first-order valence-corrected chi connectivity index (χ1v) is 12.9. The first-order valence-electron chi connectivity index (χ1n) is 12.9. The van der Waals surface area contributed by atoms with E-state index in [0.29, 0.717) is 19.8 Å². The first kappa shape index (κ1) is 26.2. The maximum absolute atomic E-state index is 6.01. The summed E-state index contributed by atoms with van der Waals surface area (Å²) < 4.78 is 18.0. The third-order valence-corrected chi connectivity index (χ3v) is 6.45. The zero-order chi connectivity index (χ0) is 25.5. The lowest BCUT2D eigenvalue weighted by Crippen LogP contribution is -2.47. The van der Waals surface area contributed by atoms with Gasteiger partial charge in [0.2, 0.25) is 0 Å². The Morgan fingerprint density at radius 3 is 1.97 bits per heavy atom. The summed E-state index contributed by atoms with van der Waals surface area (Å²) in [5, 5.41) is 0. The number of likely N-dealkylation sites (N-methyl/N-ethyl adjacent to an activating group) is 1. The van der Waals surface area contributed by atoms with E-state index in [1.54, 1.807) is 0 Å². The van der Waals surface area contributed by atoms with E-state index in [1.807, 2.05) is 0 Å². The molecule has 3 aromatic carbocycles. The molecule has 1 aliphatic rings. The van der Waals surface area contributed by atoms with Crippen LogP contribution in [-0.2, 0) is 9.31 Å². The maximum Gasteiger partial charge on any atom is 0.493 e. The Balaban J connectivity index is 1.66. The number of allylic oxidation sites excluding steroid dienone is 1. The number of ether oxygens (including phenoxy) is 1. The van der Waals surface area contributed by atoms with Crippen molar-refractivity contribution in [2.24, 2.45) is 5.41 Å². The Morgan fingerprint density at radius 2 is 1.42 bits per heavy atom. The van der Waals surface area contributed by atoms with Crippen LogP contribution in [0.5, 0.6) is 5.75 Å². The largest absolute Gasteiger partial charge is 0.493 e. The quantitative estimate of drug-likeness (QED) is 0.286. The predicted molar refractivity (Wildman–Crippen MR) is 151 cm³/mol. The van der Waals surface area contributed by atoms with Crippen LogP contribution in [0.25, 0.3) is 11.1 Å². The summed E-state index contributed by atoms with van der Waals surface area (Å²) >= 11 is 0. The van der Waals surface area contributed by atoms with Gasteiger partial charge in [0.05, 0.1) is 0 Å². The van der Waals surface area contributed by atoms with Crippen molar-refractivity contribution >= 4 is 23.7 Å². The summed E-state index contributed by atoms with van der Waals surface area (Å²) in [5.41, 5.74) is 7.26. The van der Waals surface area contributed by atoms with Gasteiger partial charge in [0.15, 0.2) is 0 Å². The average molecular weight is 483 g/mol. The van der Waals surface area contributed by atoms with Crippen LogP contribution in [0.2, 0.25) is 0 Å². The summed E-state index contributed by atoms with van der Waals surface area (Å²) in [6.45, 7) is 9.50. The van der Waals surface area contributed by atoms with E-state index in [0.717, 1.165) is 24.2 Å². The molecule has 3 aromatic rings. The van der Waals surface area contributed by atoms with Crippen LogP contribution in [0, 0.1) is 5.41 Å². The molecule has 0 aliphatic carbocycles. The molecule has 0 amide bonds. The summed E-state index contributed by atoms with van der Waals surface area (Å²) in [6, 6.07) is 27.8. The van der Waals surface area contributed by atoms with Gasteiger partial charge in [0.25, 0.3) is 0 Å². The summed E-state index contributed by atoms with van der Waals surface area (Å²) in [7, 11) is 3.80. The van der Waals surface area contributed by atoms with Crippen LogP contribution in [0.1, 0.15) is 43.9 Å². The van der Waals surface area contributed by atoms with Crippen LogP contribution >= 0.6 is 0 Å². The number of nitrogens with zero attached hydrogens (tertiary/aromatic N) is 1. The monoisotopic (exact) mass is 483 g/mol. The van der Waals surface area contributed by atoms with Crippen molar-refractivity contribution in [2.45, 2.75) is 27.2 Å². The standard InChI is InChI=1S/C31H38BNO3/c1-6-29(24-10-8-7-9-11-24)30(26-14-18-28(19-15-26)34-21-20-33(4)5)25-12-16-27(17-13-25)32-35-22-31(2,3)23-36-32/h7-19H,6,20-23H2,1-5H3/b30-29-. The molecule has 0 bridgehead atoms. The van der Waals surface area contributed by atoms with E-state index in [9.17, 15) is 0 Å². The van der Waals surface area contributed by atoms with Gasteiger partial charge in [0.1, 0.15) is 12.4 Å². The molecule has 4 nitrogen and oxygen atoms in total. The number of hydrogen-bond donors (Lipinski definition) is 0. The minimum atomic E-state index is -0.308. The topological polar surface area (TPSA) is 30.9 Å². The second-order valence-electron chi connectivity index (χ2n) is 10.5. The van der Waals surface area contributed by atoms with Gasteiger partial charge in [-0.2, -0.15) is 0 Å². The molecule has 0 spiro atoms. The SMILES string of the molecule is CC/C(=C(/c1ccc(OCCN(C)C)cc1)c1ccc(B2OCC(C)(C)CO2)cc1)c1ccccc1. The van der Waals surface area contributed by atoms with Gasteiger partial charge in [-0.05, 0) is 65.9 Å². The van der Waals surface area contributed by atoms with Crippen LogP contribution in [0.15, 0.2) is 78.9 Å². The van der Waals surface area contributed by atoms with Gasteiger partial charge in [-0.15, -0.1) is 0 Å². The van der Waals surface area contributed by atoms with E-state index < -0.39 is 0 Å². The minimum Gasteiger partial charge on any atom is -0.492 e. The molecular weight excluding hydrogens is 445 g/mol. The van der Waals surface area contributed by atoms with Crippen LogP contribution in [0.3, 0.4) is 0 Å². The molecule has 1 fully saturated rings. The zero-order valence-electron chi connectivity index (χ0n) is 22.3. The van der Waals surface area contributed by atoms with Gasteiger partial charge < -0.3 is 18.9 Å². The molecule has 1 heterocycles. The highest BCUT2D eigenvalue weighted by Crippen LogP contribution is 2.35. The lowest BCUT2D eigenvalue weighted by atomic mass is 9.75. The Kier molecular flexibility index (Phi) is 8.68. The number of rotatable bonds is 9. The molecule has 0 aromatic heterocycles. The second-order valence-corrected chi connectivity index (χ2v) is 10.5. The van der Waals surface area contributed by atoms with Crippen molar-refractivity contribution in [3.8, 4) is 5.75 Å². The third kappa shape index (κ3) is 6.67. The van der Waals surface area contributed by atoms with Crippen molar-refractivity contribution in [3.05, 3.63) is 95.6 Å². The maximum atomic E-state index is 6.01. The Bertz CT molecular complexity index is 1130. The van der Waals surface area contributed by atoms with Crippen molar-refractivity contribution < 1.29 is 14.0 Å². The van der Waals surface area contributed by atoms with Crippen LogP contribution in [0.4, 0.5) is 0 Å². The molecule has 0 saturated carbocycles. The van der Waals surface area contributed by atoms with E-state index >= 15 is 0 Å². The van der Waals surface area contributed by atoms with E-state index in [1.165, 1.54) is 27.8 Å². The molecule has 1 aliphatic heterocycles. The Morgan fingerprint density at radius 1 is 0.833 bits per heavy atom. The zero-order valence-corrected chi connectivity index (χ0v) is 22.3. The summed E-state index contributed by atoms with van der Waals surface area (Å²) in [5.74, 6) is 0.891. The van der Waals surface area contributed by atoms with Crippen molar-refractivity contribution in [2.75, 3.05) is 40.5 Å². The molecule has 0 atom stereocenters. The molecule has 1 saturated heterocycles. The molecule has 4 rings (SSSR count). The van der Waals surface area contributed by atoms with Gasteiger partial charge in [0, 0.05) is 25.2 Å². The molecule has 0 unspecified atom stereocenters. The summed E-state index contributed by atoms with van der Waals surface area (Å²) in [4.78, 5) is 2.12. The fraction of sp³-hybridized carbons (Fsp3) is 0.355. The van der Waals surface area contributed by atoms with E-state index in [2.05, 4.69) is 119 Å². The van der Waals surface area contributed by atoms with Gasteiger partial charge in [-0.3, -0.25) is 0 Å². The molecule has 0 N–H and O–H groups in total. The minimum absolute atomic E-state index is 0.0560. The molecule has 188 valence electrons. The summed E-state index contributed by atoms with van der Waals surface area (Å²) in [6.07, 6.45) is 0.923. The smallest absolute Gasteiger partial charge is 0.492 e. The Hall–Kier alpha value is -2.86. The lowest BCUT2D eigenvalue weighted by Gasteiger charge is -2.33. The lowest BCUT2D eigenvalue weighted by molar-refractivity contribution is 0.0343. The van der Waals surface area contributed by atoms with Gasteiger partial charge in [-0.1, -0.05) is 87.5 Å². The van der Waals surface area contributed by atoms with Crippen molar-refractivity contribution in [1.82, 2.24) is 4.90 Å². The van der Waals surface area contributed by atoms with Gasteiger partial charge in [-0.25, -0.2) is 0 Å². The fourth-order valence-electron chi connectivity index (χ4n) is 4.44. The number of hydrogen-bond acceptors (Lipinski definition) is 4. The van der Waals surface area contributed by atoms with Crippen LogP contribution < -0.4 is 10.2 Å². The molecule has 0 radical (unpaired) electrons. The van der Waals surface area contributed by atoms with Crippen molar-refractivity contribution in [3.63, 3.8) is 0 Å². The van der Waals surface area contributed by atoms with E-state index in [4.69, 9.17) is 14.0 Å².